The number of hydrogen-bond acceptors (Lipinski definition) is 3. The first kappa shape index (κ1) is 20.3. The number of nitrogens with zero attached hydrogens (tertiary/aromatic N) is 1. The minimum absolute atomic E-state index is 0.0934. The molecule has 0 saturated carbocycles. The molecule has 4 heteroatoms. The van der Waals surface area contributed by atoms with E-state index in [4.69, 9.17) is 4.74 Å². The molecule has 4 rings (SSSR count). The lowest BCUT2D eigenvalue weighted by Crippen LogP contribution is -2.32. The van der Waals surface area contributed by atoms with Gasteiger partial charge in [0.15, 0.2) is 0 Å². The van der Waals surface area contributed by atoms with Crippen LogP contribution in [0.15, 0.2) is 60.7 Å². The van der Waals surface area contributed by atoms with Crippen molar-refractivity contribution in [3.63, 3.8) is 0 Å². The smallest absolute Gasteiger partial charge is 0.255 e. The summed E-state index contributed by atoms with van der Waals surface area (Å²) in [6.45, 7) is 6.58. The number of ether oxygens (including phenoxy) is 1. The molecular weight excluding hydrogens is 372 g/mol. The lowest BCUT2D eigenvalue weighted by Gasteiger charge is -2.32. The molecule has 1 saturated heterocycles. The fraction of sp³-hybridized carbons (Fsp3) is 0.346. The Morgan fingerprint density at radius 2 is 1.67 bits per heavy atom. The highest BCUT2D eigenvalue weighted by atomic mass is 16.5. The lowest BCUT2D eigenvalue weighted by molar-refractivity contribution is 0.0937. The summed E-state index contributed by atoms with van der Waals surface area (Å²) < 4.78 is 5.49. The standard InChI is InChI=1S/C26H30N2O2/c1-18-12-14-28(15-13-18)23-10-8-20(9-11-23)19(2)27-26(29)24-16-21-6-4-5-7-22(21)17-25(24)30-3/h4-11,16-19H,12-15H2,1-3H3,(H,27,29). The van der Waals surface area contributed by atoms with Crippen molar-refractivity contribution in [2.45, 2.75) is 32.7 Å². The molecule has 0 aliphatic carbocycles. The van der Waals surface area contributed by atoms with Gasteiger partial charge in [0.2, 0.25) is 0 Å². The summed E-state index contributed by atoms with van der Waals surface area (Å²) in [5, 5.41) is 5.21. The number of hydrogen-bond donors (Lipinski definition) is 1. The predicted octanol–water partition coefficient (Wildman–Crippen LogP) is 5.58. The Bertz CT molecular complexity index is 1020. The van der Waals surface area contributed by atoms with Gasteiger partial charge >= 0.3 is 0 Å². The van der Waals surface area contributed by atoms with E-state index in [2.05, 4.69) is 41.4 Å². The number of amides is 1. The van der Waals surface area contributed by atoms with Gasteiger partial charge in [-0.3, -0.25) is 4.79 Å². The van der Waals surface area contributed by atoms with E-state index in [1.165, 1.54) is 18.5 Å². The van der Waals surface area contributed by atoms with Crippen LogP contribution in [0.3, 0.4) is 0 Å². The summed E-state index contributed by atoms with van der Waals surface area (Å²) in [5.41, 5.74) is 2.92. The zero-order chi connectivity index (χ0) is 21.1. The Balaban J connectivity index is 1.47. The Morgan fingerprint density at radius 3 is 2.30 bits per heavy atom. The average molecular weight is 403 g/mol. The third kappa shape index (κ3) is 4.28. The summed E-state index contributed by atoms with van der Waals surface area (Å²) in [6.07, 6.45) is 2.50. The number of rotatable bonds is 5. The Morgan fingerprint density at radius 1 is 1.03 bits per heavy atom. The van der Waals surface area contributed by atoms with Crippen molar-refractivity contribution in [1.82, 2.24) is 5.32 Å². The average Bonchev–Trinajstić information content (AvgIpc) is 2.78. The zero-order valence-corrected chi connectivity index (χ0v) is 18.0. The first-order valence-corrected chi connectivity index (χ1v) is 10.8. The highest BCUT2D eigenvalue weighted by molar-refractivity contribution is 6.01. The molecule has 3 aromatic rings. The van der Waals surface area contributed by atoms with Crippen molar-refractivity contribution in [2.24, 2.45) is 5.92 Å². The Hall–Kier alpha value is -3.01. The van der Waals surface area contributed by atoms with Crippen LogP contribution in [0.1, 0.15) is 48.7 Å². The van der Waals surface area contributed by atoms with Crippen LogP contribution in [0.2, 0.25) is 0 Å². The molecule has 156 valence electrons. The van der Waals surface area contributed by atoms with Gasteiger partial charge in [-0.15, -0.1) is 0 Å². The molecule has 4 nitrogen and oxygen atoms in total. The van der Waals surface area contributed by atoms with Crippen LogP contribution in [0.5, 0.6) is 5.75 Å². The van der Waals surface area contributed by atoms with Crippen LogP contribution in [-0.4, -0.2) is 26.1 Å². The van der Waals surface area contributed by atoms with Crippen LogP contribution < -0.4 is 15.0 Å². The molecule has 1 atom stereocenters. The van der Waals surface area contributed by atoms with E-state index in [1.54, 1.807) is 7.11 Å². The van der Waals surface area contributed by atoms with Gasteiger partial charge in [0, 0.05) is 18.8 Å². The Kier molecular flexibility index (Phi) is 5.93. The second-order valence-electron chi connectivity index (χ2n) is 8.36. The Labute approximate surface area is 178 Å². The number of anilines is 1. The highest BCUT2D eigenvalue weighted by Gasteiger charge is 2.18. The van der Waals surface area contributed by atoms with Crippen LogP contribution in [0, 0.1) is 5.92 Å². The quantitative estimate of drug-likeness (QED) is 0.606. The number of methoxy groups -OCH3 is 1. The van der Waals surface area contributed by atoms with Gasteiger partial charge in [0.05, 0.1) is 18.7 Å². The van der Waals surface area contributed by atoms with Crippen molar-refractivity contribution in [2.75, 3.05) is 25.1 Å². The monoisotopic (exact) mass is 402 g/mol. The normalized spacial score (nSPS) is 15.8. The first-order valence-electron chi connectivity index (χ1n) is 10.8. The third-order valence-corrected chi connectivity index (χ3v) is 6.20. The SMILES string of the molecule is COc1cc2ccccc2cc1C(=O)NC(C)c1ccc(N2CCC(C)CC2)cc1. The zero-order valence-electron chi connectivity index (χ0n) is 18.0. The largest absolute Gasteiger partial charge is 0.496 e. The van der Waals surface area contributed by atoms with E-state index in [-0.39, 0.29) is 11.9 Å². The molecular formula is C26H30N2O2. The fourth-order valence-corrected chi connectivity index (χ4v) is 4.16. The van der Waals surface area contributed by atoms with Gasteiger partial charge in [-0.05, 0) is 66.3 Å². The van der Waals surface area contributed by atoms with Crippen LogP contribution >= 0.6 is 0 Å². The first-order chi connectivity index (χ1) is 14.5. The number of nitrogens with one attached hydrogen (secondary N) is 1. The molecule has 0 spiro atoms. The molecule has 1 aliphatic heterocycles. The molecule has 0 radical (unpaired) electrons. The molecule has 1 unspecified atom stereocenters. The van der Waals surface area contributed by atoms with E-state index in [0.717, 1.165) is 35.3 Å². The molecule has 1 heterocycles. The lowest BCUT2D eigenvalue weighted by atomic mass is 9.98. The number of piperidine rings is 1. The van der Waals surface area contributed by atoms with Crippen LogP contribution in [0.4, 0.5) is 5.69 Å². The van der Waals surface area contributed by atoms with E-state index in [0.29, 0.717) is 11.3 Å². The van der Waals surface area contributed by atoms with Gasteiger partial charge in [0.25, 0.3) is 5.91 Å². The van der Waals surface area contributed by atoms with E-state index >= 15 is 0 Å². The van der Waals surface area contributed by atoms with Crippen molar-refractivity contribution < 1.29 is 9.53 Å². The molecule has 3 aromatic carbocycles. The van der Waals surface area contributed by atoms with Crippen molar-refractivity contribution >= 4 is 22.4 Å². The molecule has 0 aromatic heterocycles. The molecule has 1 N–H and O–H groups in total. The summed E-state index contributed by atoms with van der Waals surface area (Å²) in [7, 11) is 1.60. The maximum Gasteiger partial charge on any atom is 0.255 e. The number of carbonyl (C=O) groups is 1. The summed E-state index contributed by atoms with van der Waals surface area (Å²) in [5.74, 6) is 1.29. The second kappa shape index (κ2) is 8.78. The third-order valence-electron chi connectivity index (χ3n) is 6.20. The van der Waals surface area contributed by atoms with Gasteiger partial charge in [0.1, 0.15) is 5.75 Å². The van der Waals surface area contributed by atoms with E-state index in [9.17, 15) is 4.79 Å². The maximum absolute atomic E-state index is 13.0. The van der Waals surface area contributed by atoms with Crippen molar-refractivity contribution in [1.29, 1.82) is 0 Å². The molecule has 1 aliphatic rings. The molecule has 30 heavy (non-hydrogen) atoms. The number of fused-ring (bicyclic) bond motifs is 1. The van der Waals surface area contributed by atoms with E-state index in [1.807, 2.05) is 43.3 Å². The van der Waals surface area contributed by atoms with Crippen molar-refractivity contribution in [3.05, 3.63) is 71.8 Å². The minimum atomic E-state index is -0.126. The fourth-order valence-electron chi connectivity index (χ4n) is 4.16. The van der Waals surface area contributed by atoms with Crippen molar-refractivity contribution in [3.8, 4) is 5.75 Å². The molecule has 1 amide bonds. The summed E-state index contributed by atoms with van der Waals surface area (Å²) in [4.78, 5) is 15.4. The minimum Gasteiger partial charge on any atom is -0.496 e. The molecule has 0 bridgehead atoms. The van der Waals surface area contributed by atoms with Crippen LogP contribution in [-0.2, 0) is 0 Å². The molecule has 1 fully saturated rings. The van der Waals surface area contributed by atoms with Gasteiger partial charge < -0.3 is 15.0 Å². The maximum atomic E-state index is 13.0. The topological polar surface area (TPSA) is 41.6 Å². The van der Waals surface area contributed by atoms with Gasteiger partial charge in [-0.25, -0.2) is 0 Å². The van der Waals surface area contributed by atoms with E-state index < -0.39 is 0 Å². The van der Waals surface area contributed by atoms with Crippen LogP contribution in [0.25, 0.3) is 10.8 Å². The summed E-state index contributed by atoms with van der Waals surface area (Å²) >= 11 is 0. The summed E-state index contributed by atoms with van der Waals surface area (Å²) in [6, 6.07) is 20.3. The van der Waals surface area contributed by atoms with Gasteiger partial charge in [-0.2, -0.15) is 0 Å². The highest BCUT2D eigenvalue weighted by Crippen LogP contribution is 2.28. The van der Waals surface area contributed by atoms with Gasteiger partial charge in [-0.1, -0.05) is 43.3 Å². The number of carbonyl (C=O) groups excluding carboxylic acids is 1. The number of benzene rings is 3. The second-order valence-corrected chi connectivity index (χ2v) is 8.36. The predicted molar refractivity (Wildman–Crippen MR) is 123 cm³/mol.